The van der Waals surface area contributed by atoms with Crippen LogP contribution >= 0.6 is 11.6 Å². The zero-order valence-electron chi connectivity index (χ0n) is 8.80. The summed E-state index contributed by atoms with van der Waals surface area (Å²) in [5, 5.41) is -0.325. The highest BCUT2D eigenvalue weighted by Crippen LogP contribution is 2.01. The lowest BCUT2D eigenvalue weighted by Gasteiger charge is -2.05. The van der Waals surface area contributed by atoms with Gasteiger partial charge in [-0.25, -0.2) is 4.79 Å². The lowest BCUT2D eigenvalue weighted by atomic mass is 10.2. The summed E-state index contributed by atoms with van der Waals surface area (Å²) in [5.41, 5.74) is 6.23. The van der Waals surface area contributed by atoms with Crippen LogP contribution in [0.3, 0.4) is 0 Å². The minimum atomic E-state index is -0.414. The molecule has 0 radical (unpaired) electrons. The first-order valence-electron chi connectivity index (χ1n) is 4.96. The number of rotatable bonds is 5. The van der Waals surface area contributed by atoms with Crippen molar-refractivity contribution < 1.29 is 9.53 Å². The minimum Gasteiger partial charge on any atom is -0.461 e. The molecule has 0 spiro atoms. The van der Waals surface area contributed by atoms with Crippen LogP contribution in [0.15, 0.2) is 36.4 Å². The second kappa shape index (κ2) is 7.04. The molecule has 0 fully saturated rings. The molecule has 4 heteroatoms. The zero-order valence-corrected chi connectivity index (χ0v) is 9.56. The average Bonchev–Trinajstić information content (AvgIpc) is 2.34. The van der Waals surface area contributed by atoms with E-state index in [0.29, 0.717) is 0 Å². The Balaban J connectivity index is 2.37. The van der Waals surface area contributed by atoms with Crippen LogP contribution in [-0.2, 0) is 9.53 Å². The Bertz CT molecular complexity index is 351. The Morgan fingerprint density at radius 2 is 2.12 bits per heavy atom. The van der Waals surface area contributed by atoms with Crippen molar-refractivity contribution in [3.63, 3.8) is 0 Å². The van der Waals surface area contributed by atoms with E-state index >= 15 is 0 Å². The molecule has 16 heavy (non-hydrogen) atoms. The van der Waals surface area contributed by atoms with Crippen LogP contribution in [-0.4, -0.2) is 24.5 Å². The molecule has 3 nitrogen and oxygen atoms in total. The third-order valence-corrected chi connectivity index (χ3v) is 2.18. The van der Waals surface area contributed by atoms with Gasteiger partial charge >= 0.3 is 5.97 Å². The first-order chi connectivity index (χ1) is 7.72. The summed E-state index contributed by atoms with van der Waals surface area (Å²) in [6, 6.07) is 9.50. The molecule has 0 aliphatic rings. The molecule has 0 aromatic heterocycles. The van der Waals surface area contributed by atoms with E-state index in [2.05, 4.69) is 0 Å². The van der Waals surface area contributed by atoms with E-state index in [9.17, 15) is 4.79 Å². The van der Waals surface area contributed by atoms with Gasteiger partial charge in [0.25, 0.3) is 0 Å². The fraction of sp³-hybridized carbons (Fsp3) is 0.250. The second-order valence-corrected chi connectivity index (χ2v) is 3.82. The van der Waals surface area contributed by atoms with Crippen molar-refractivity contribution >= 4 is 23.6 Å². The van der Waals surface area contributed by atoms with Crippen molar-refractivity contribution in [2.45, 2.75) is 5.38 Å². The monoisotopic (exact) mass is 239 g/mol. The Hall–Kier alpha value is -1.32. The van der Waals surface area contributed by atoms with E-state index in [1.165, 1.54) is 6.08 Å². The summed E-state index contributed by atoms with van der Waals surface area (Å²) in [6.45, 7) is 0.424. The second-order valence-electron chi connectivity index (χ2n) is 3.21. The Labute approximate surface area is 99.8 Å². The van der Waals surface area contributed by atoms with Gasteiger partial charge in [-0.1, -0.05) is 30.3 Å². The van der Waals surface area contributed by atoms with Gasteiger partial charge < -0.3 is 10.5 Å². The summed E-state index contributed by atoms with van der Waals surface area (Å²) in [6.07, 6.45) is 3.06. The third-order valence-electron chi connectivity index (χ3n) is 1.87. The molecule has 2 N–H and O–H groups in total. The van der Waals surface area contributed by atoms with E-state index in [-0.39, 0.29) is 18.5 Å². The highest BCUT2D eigenvalue weighted by Gasteiger charge is 2.04. The van der Waals surface area contributed by atoms with Gasteiger partial charge in [-0.15, -0.1) is 11.6 Å². The third kappa shape index (κ3) is 4.96. The topological polar surface area (TPSA) is 52.3 Å². The maximum absolute atomic E-state index is 11.2. The number of benzene rings is 1. The minimum absolute atomic E-state index is 0.135. The van der Waals surface area contributed by atoms with Gasteiger partial charge in [0.1, 0.15) is 6.61 Å². The number of alkyl halides is 1. The molecule has 86 valence electrons. The maximum Gasteiger partial charge on any atom is 0.330 e. The van der Waals surface area contributed by atoms with E-state index in [4.69, 9.17) is 22.1 Å². The number of nitrogens with two attached hydrogens (primary N) is 1. The Morgan fingerprint density at radius 3 is 2.75 bits per heavy atom. The van der Waals surface area contributed by atoms with Gasteiger partial charge in [-0.2, -0.15) is 0 Å². The van der Waals surface area contributed by atoms with Gasteiger partial charge in [0.2, 0.25) is 0 Å². The van der Waals surface area contributed by atoms with Crippen molar-refractivity contribution in [1.82, 2.24) is 0 Å². The molecule has 1 aromatic carbocycles. The molecular formula is C12H14ClNO2. The Morgan fingerprint density at radius 1 is 1.44 bits per heavy atom. The summed E-state index contributed by atoms with van der Waals surface area (Å²) < 4.78 is 4.88. The number of carbonyl (C=O) groups excluding carboxylic acids is 1. The molecule has 1 atom stereocenters. The SMILES string of the molecule is NCC(Cl)COC(=O)/C=C/c1ccccc1. The van der Waals surface area contributed by atoms with Gasteiger partial charge in [-0.3, -0.25) is 0 Å². The standard InChI is InChI=1S/C12H14ClNO2/c13-11(8-14)9-16-12(15)7-6-10-4-2-1-3-5-10/h1-7,11H,8-9,14H2/b7-6+. The van der Waals surface area contributed by atoms with Crippen molar-refractivity contribution in [3.8, 4) is 0 Å². The van der Waals surface area contributed by atoms with Crippen molar-refractivity contribution in [1.29, 1.82) is 0 Å². The summed E-state index contributed by atoms with van der Waals surface area (Å²) in [4.78, 5) is 11.2. The molecule has 0 saturated heterocycles. The van der Waals surface area contributed by atoms with E-state index in [1.807, 2.05) is 30.3 Å². The number of esters is 1. The predicted molar refractivity (Wildman–Crippen MR) is 65.1 cm³/mol. The van der Waals surface area contributed by atoms with Crippen LogP contribution in [0.1, 0.15) is 5.56 Å². The van der Waals surface area contributed by atoms with Crippen LogP contribution in [0.5, 0.6) is 0 Å². The molecule has 0 bridgehead atoms. The molecule has 0 aliphatic carbocycles. The molecule has 1 unspecified atom stereocenters. The normalized spacial score (nSPS) is 12.6. The van der Waals surface area contributed by atoms with Gasteiger partial charge in [0.05, 0.1) is 5.38 Å². The fourth-order valence-electron chi connectivity index (χ4n) is 1.02. The van der Waals surface area contributed by atoms with E-state index in [1.54, 1.807) is 6.08 Å². The summed E-state index contributed by atoms with van der Waals surface area (Å²) >= 11 is 5.70. The molecule has 0 heterocycles. The smallest absolute Gasteiger partial charge is 0.330 e. The van der Waals surface area contributed by atoms with Gasteiger partial charge in [0, 0.05) is 12.6 Å². The quantitative estimate of drug-likeness (QED) is 0.484. The highest BCUT2D eigenvalue weighted by molar-refractivity contribution is 6.21. The van der Waals surface area contributed by atoms with Crippen LogP contribution in [0, 0.1) is 0 Å². The molecule has 0 saturated carbocycles. The fourth-order valence-corrected chi connectivity index (χ4v) is 1.08. The van der Waals surface area contributed by atoms with Crippen molar-refractivity contribution in [3.05, 3.63) is 42.0 Å². The first kappa shape index (κ1) is 12.7. The van der Waals surface area contributed by atoms with Crippen molar-refractivity contribution in [2.75, 3.05) is 13.2 Å². The Kier molecular flexibility index (Phi) is 5.61. The summed E-state index contributed by atoms with van der Waals surface area (Å²) in [5.74, 6) is -0.414. The van der Waals surface area contributed by atoms with Crippen LogP contribution in [0.2, 0.25) is 0 Å². The molecule has 0 aliphatic heterocycles. The molecular weight excluding hydrogens is 226 g/mol. The van der Waals surface area contributed by atoms with Crippen LogP contribution in [0.25, 0.3) is 6.08 Å². The number of ether oxygens (including phenoxy) is 1. The first-order valence-corrected chi connectivity index (χ1v) is 5.40. The zero-order chi connectivity index (χ0) is 11.8. The number of hydrogen-bond donors (Lipinski definition) is 1. The number of halogens is 1. The maximum atomic E-state index is 11.2. The largest absolute Gasteiger partial charge is 0.461 e. The van der Waals surface area contributed by atoms with Crippen molar-refractivity contribution in [2.24, 2.45) is 5.73 Å². The van der Waals surface area contributed by atoms with Gasteiger partial charge in [-0.05, 0) is 11.6 Å². The molecule has 1 aromatic rings. The van der Waals surface area contributed by atoms with Crippen LogP contribution in [0.4, 0.5) is 0 Å². The lowest BCUT2D eigenvalue weighted by Crippen LogP contribution is -2.21. The van der Waals surface area contributed by atoms with Gasteiger partial charge in [0.15, 0.2) is 0 Å². The number of hydrogen-bond acceptors (Lipinski definition) is 3. The predicted octanol–water partition coefficient (Wildman–Crippen LogP) is 1.81. The molecule has 1 rings (SSSR count). The molecule has 0 amide bonds. The van der Waals surface area contributed by atoms with E-state index < -0.39 is 5.97 Å². The number of carbonyl (C=O) groups is 1. The van der Waals surface area contributed by atoms with Crippen LogP contribution < -0.4 is 5.73 Å². The summed E-state index contributed by atoms with van der Waals surface area (Å²) in [7, 11) is 0. The highest BCUT2D eigenvalue weighted by atomic mass is 35.5. The lowest BCUT2D eigenvalue weighted by molar-refractivity contribution is -0.137. The van der Waals surface area contributed by atoms with E-state index in [0.717, 1.165) is 5.56 Å². The average molecular weight is 240 g/mol.